The van der Waals surface area contributed by atoms with Crippen molar-refractivity contribution in [2.24, 2.45) is 5.92 Å². The highest BCUT2D eigenvalue weighted by atomic mass is 19.2. The maximum absolute atomic E-state index is 13.4. The Balaban J connectivity index is 2.18. The molecule has 0 N–H and O–H groups in total. The molecule has 1 atom stereocenters. The van der Waals surface area contributed by atoms with Crippen molar-refractivity contribution in [3.05, 3.63) is 29.6 Å². The molecule has 1 amide bonds. The predicted octanol–water partition coefficient (Wildman–Crippen LogP) is 2.23. The van der Waals surface area contributed by atoms with E-state index in [1.807, 2.05) is 0 Å². The van der Waals surface area contributed by atoms with Gasteiger partial charge in [0.25, 0.3) is 5.91 Å². The number of pyridine rings is 1. The molecule has 1 saturated heterocycles. The van der Waals surface area contributed by atoms with E-state index >= 15 is 0 Å². The minimum absolute atomic E-state index is 0.228. The average molecular weight is 240 g/mol. The lowest BCUT2D eigenvalue weighted by Gasteiger charge is -2.16. The van der Waals surface area contributed by atoms with Crippen LogP contribution in [0.5, 0.6) is 0 Å². The third kappa shape index (κ3) is 2.28. The van der Waals surface area contributed by atoms with Crippen molar-refractivity contribution in [1.82, 2.24) is 9.88 Å². The van der Waals surface area contributed by atoms with E-state index in [2.05, 4.69) is 11.9 Å². The molecular weight excluding hydrogens is 226 g/mol. The van der Waals surface area contributed by atoms with Gasteiger partial charge in [-0.05, 0) is 18.4 Å². The van der Waals surface area contributed by atoms with E-state index in [1.165, 1.54) is 6.07 Å². The molecule has 0 aliphatic carbocycles. The molecule has 1 aromatic heterocycles. The fraction of sp³-hybridized carbons (Fsp3) is 0.500. The largest absolute Gasteiger partial charge is 0.338 e. The summed E-state index contributed by atoms with van der Waals surface area (Å²) in [6.45, 7) is 3.30. The fourth-order valence-corrected chi connectivity index (χ4v) is 2.10. The number of hydrogen-bond donors (Lipinski definition) is 0. The van der Waals surface area contributed by atoms with Crippen LogP contribution in [0.3, 0.4) is 0 Å². The molecule has 1 fully saturated rings. The van der Waals surface area contributed by atoms with E-state index in [-0.39, 0.29) is 5.56 Å². The molecule has 1 aromatic rings. The van der Waals surface area contributed by atoms with Crippen molar-refractivity contribution in [3.63, 3.8) is 0 Å². The quantitative estimate of drug-likeness (QED) is 0.743. The van der Waals surface area contributed by atoms with Gasteiger partial charge in [-0.2, -0.15) is 4.39 Å². The maximum Gasteiger partial charge on any atom is 0.257 e. The van der Waals surface area contributed by atoms with Crippen LogP contribution in [-0.4, -0.2) is 28.9 Å². The molecule has 0 aromatic carbocycles. The first-order chi connectivity index (χ1) is 8.13. The van der Waals surface area contributed by atoms with Crippen LogP contribution in [-0.2, 0) is 0 Å². The van der Waals surface area contributed by atoms with E-state index in [0.717, 1.165) is 19.0 Å². The van der Waals surface area contributed by atoms with E-state index in [9.17, 15) is 13.6 Å². The summed E-state index contributed by atoms with van der Waals surface area (Å²) >= 11 is 0. The Kier molecular flexibility index (Phi) is 3.36. The Morgan fingerprint density at radius 2 is 2.35 bits per heavy atom. The monoisotopic (exact) mass is 240 g/mol. The predicted molar refractivity (Wildman–Crippen MR) is 58.5 cm³/mol. The molecule has 1 unspecified atom stereocenters. The molecule has 1 aliphatic heterocycles. The molecular formula is C12H14F2N2O. The molecule has 0 spiro atoms. The minimum atomic E-state index is -1.22. The van der Waals surface area contributed by atoms with Crippen LogP contribution in [0.1, 0.15) is 30.1 Å². The van der Waals surface area contributed by atoms with Crippen LogP contribution < -0.4 is 0 Å². The van der Waals surface area contributed by atoms with Gasteiger partial charge in [0, 0.05) is 19.3 Å². The summed E-state index contributed by atoms with van der Waals surface area (Å²) in [6, 6.07) is 1.22. The Morgan fingerprint density at radius 1 is 1.59 bits per heavy atom. The van der Waals surface area contributed by atoms with E-state index in [4.69, 9.17) is 0 Å². The van der Waals surface area contributed by atoms with Gasteiger partial charge in [-0.25, -0.2) is 9.37 Å². The minimum Gasteiger partial charge on any atom is -0.338 e. The molecule has 0 bridgehead atoms. The van der Waals surface area contributed by atoms with E-state index in [0.29, 0.717) is 19.0 Å². The smallest absolute Gasteiger partial charge is 0.257 e. The molecule has 17 heavy (non-hydrogen) atoms. The van der Waals surface area contributed by atoms with Crippen molar-refractivity contribution in [2.45, 2.75) is 19.8 Å². The summed E-state index contributed by atoms with van der Waals surface area (Å²) in [7, 11) is 0. The third-order valence-corrected chi connectivity index (χ3v) is 3.23. The first-order valence-electron chi connectivity index (χ1n) is 5.72. The van der Waals surface area contributed by atoms with Crippen molar-refractivity contribution in [3.8, 4) is 0 Å². The second-order valence-electron chi connectivity index (χ2n) is 4.28. The lowest BCUT2D eigenvalue weighted by Crippen LogP contribution is -2.29. The Hall–Kier alpha value is -1.52. The van der Waals surface area contributed by atoms with Crippen molar-refractivity contribution in [2.75, 3.05) is 13.1 Å². The van der Waals surface area contributed by atoms with Crippen molar-refractivity contribution < 1.29 is 13.6 Å². The topological polar surface area (TPSA) is 33.2 Å². The molecule has 2 heterocycles. The summed E-state index contributed by atoms with van der Waals surface area (Å²) in [4.78, 5) is 16.7. The second-order valence-corrected chi connectivity index (χ2v) is 4.28. The molecule has 0 radical (unpaired) electrons. The highest BCUT2D eigenvalue weighted by Crippen LogP contribution is 2.22. The highest BCUT2D eigenvalue weighted by molar-refractivity contribution is 5.94. The highest BCUT2D eigenvalue weighted by Gasteiger charge is 2.28. The average Bonchev–Trinajstić information content (AvgIpc) is 2.80. The second kappa shape index (κ2) is 4.77. The molecule has 5 heteroatoms. The van der Waals surface area contributed by atoms with E-state index in [1.54, 1.807) is 4.90 Å². The zero-order valence-corrected chi connectivity index (χ0v) is 9.62. The van der Waals surface area contributed by atoms with Gasteiger partial charge in [0.05, 0.1) is 5.56 Å². The normalized spacial score (nSPS) is 19.7. The SMILES string of the molecule is CCC1CCN(C(=O)c2ccnc(F)c2F)C1. The van der Waals surface area contributed by atoms with Gasteiger partial charge in [0.2, 0.25) is 5.95 Å². The number of nitrogens with zero attached hydrogens (tertiary/aromatic N) is 2. The van der Waals surface area contributed by atoms with Crippen LogP contribution in [0.15, 0.2) is 12.3 Å². The lowest BCUT2D eigenvalue weighted by atomic mass is 10.1. The Morgan fingerprint density at radius 3 is 3.00 bits per heavy atom. The molecule has 1 aliphatic rings. The van der Waals surface area contributed by atoms with Crippen LogP contribution >= 0.6 is 0 Å². The summed E-state index contributed by atoms with van der Waals surface area (Å²) in [5.74, 6) is -2.35. The number of rotatable bonds is 2. The number of hydrogen-bond acceptors (Lipinski definition) is 2. The fourth-order valence-electron chi connectivity index (χ4n) is 2.10. The maximum atomic E-state index is 13.4. The first kappa shape index (κ1) is 12.0. The van der Waals surface area contributed by atoms with Gasteiger partial charge < -0.3 is 4.90 Å². The molecule has 92 valence electrons. The number of aromatic nitrogens is 1. The number of likely N-dealkylation sites (tertiary alicyclic amines) is 1. The zero-order valence-electron chi connectivity index (χ0n) is 9.62. The van der Waals surface area contributed by atoms with Gasteiger partial charge >= 0.3 is 0 Å². The number of carbonyl (C=O) groups excluding carboxylic acids is 1. The molecule has 3 nitrogen and oxygen atoms in total. The number of halogens is 2. The molecule has 0 saturated carbocycles. The summed E-state index contributed by atoms with van der Waals surface area (Å²) in [6.07, 6.45) is 3.04. The van der Waals surface area contributed by atoms with Gasteiger partial charge in [-0.15, -0.1) is 0 Å². The summed E-state index contributed by atoms with van der Waals surface area (Å²) < 4.78 is 26.3. The standard InChI is InChI=1S/C12H14F2N2O/c1-2-8-4-6-16(7-8)12(17)9-3-5-15-11(14)10(9)13/h3,5,8H,2,4,6-7H2,1H3. The van der Waals surface area contributed by atoms with Crippen molar-refractivity contribution >= 4 is 5.91 Å². The van der Waals surface area contributed by atoms with Crippen LogP contribution in [0.25, 0.3) is 0 Å². The van der Waals surface area contributed by atoms with E-state index < -0.39 is 17.7 Å². The van der Waals surface area contributed by atoms with Gasteiger partial charge in [-0.3, -0.25) is 4.79 Å². The Labute approximate surface area is 98.5 Å². The summed E-state index contributed by atoms with van der Waals surface area (Å²) in [5.41, 5.74) is -0.228. The summed E-state index contributed by atoms with van der Waals surface area (Å²) in [5, 5.41) is 0. The van der Waals surface area contributed by atoms with Gasteiger partial charge in [0.1, 0.15) is 0 Å². The van der Waals surface area contributed by atoms with Crippen LogP contribution in [0, 0.1) is 17.7 Å². The number of amides is 1. The number of carbonyl (C=O) groups is 1. The van der Waals surface area contributed by atoms with Gasteiger partial charge in [0.15, 0.2) is 5.82 Å². The third-order valence-electron chi connectivity index (χ3n) is 3.23. The van der Waals surface area contributed by atoms with Crippen molar-refractivity contribution in [1.29, 1.82) is 0 Å². The first-order valence-corrected chi connectivity index (χ1v) is 5.72. The zero-order chi connectivity index (χ0) is 12.4. The van der Waals surface area contributed by atoms with Crippen LogP contribution in [0.4, 0.5) is 8.78 Å². The Bertz CT molecular complexity index is 437. The van der Waals surface area contributed by atoms with Crippen LogP contribution in [0.2, 0.25) is 0 Å². The van der Waals surface area contributed by atoms with Gasteiger partial charge in [-0.1, -0.05) is 13.3 Å². The lowest BCUT2D eigenvalue weighted by molar-refractivity contribution is 0.0780. The molecule has 2 rings (SSSR count).